The van der Waals surface area contributed by atoms with Gasteiger partial charge in [0.15, 0.2) is 0 Å². The van der Waals surface area contributed by atoms with Crippen LogP contribution in [-0.2, 0) is 19.6 Å². The lowest BCUT2D eigenvalue weighted by molar-refractivity contribution is -0.121. The molecule has 1 aliphatic rings. The molecule has 0 saturated carbocycles. The Balaban J connectivity index is 1.90. The fourth-order valence-corrected chi connectivity index (χ4v) is 4.74. The van der Waals surface area contributed by atoms with Crippen LogP contribution in [-0.4, -0.2) is 30.5 Å². The van der Waals surface area contributed by atoms with Gasteiger partial charge in [-0.3, -0.25) is 9.59 Å². The van der Waals surface area contributed by atoms with Crippen molar-refractivity contribution in [2.45, 2.75) is 42.4 Å². The van der Waals surface area contributed by atoms with E-state index in [0.29, 0.717) is 10.6 Å². The highest BCUT2D eigenvalue weighted by Crippen LogP contribution is 2.36. The summed E-state index contributed by atoms with van der Waals surface area (Å²) in [5.41, 5.74) is 3.14. The van der Waals surface area contributed by atoms with E-state index in [1.807, 2.05) is 20.8 Å². The SMILES string of the molecule is Cc1nc(SC2CC(=O)N(c3ccc(S(N)(=O)=O)cc3)C2=O)c(C#N)c(C)c1C. The van der Waals surface area contributed by atoms with E-state index in [1.54, 1.807) is 0 Å². The van der Waals surface area contributed by atoms with Gasteiger partial charge in [0.1, 0.15) is 11.1 Å². The third-order valence-corrected chi connectivity index (χ3v) is 6.96. The van der Waals surface area contributed by atoms with Gasteiger partial charge in [0, 0.05) is 12.1 Å². The first-order valence-corrected chi connectivity index (χ1v) is 11.0. The van der Waals surface area contributed by atoms with Crippen LogP contribution in [0.15, 0.2) is 34.2 Å². The van der Waals surface area contributed by atoms with Gasteiger partial charge in [-0.05, 0) is 56.2 Å². The van der Waals surface area contributed by atoms with E-state index >= 15 is 0 Å². The van der Waals surface area contributed by atoms with Gasteiger partial charge in [-0.25, -0.2) is 23.4 Å². The zero-order valence-electron chi connectivity index (χ0n) is 16.0. The topological polar surface area (TPSA) is 134 Å². The second-order valence-corrected chi connectivity index (χ2v) is 9.41. The molecule has 29 heavy (non-hydrogen) atoms. The van der Waals surface area contributed by atoms with Crippen LogP contribution in [0.2, 0.25) is 0 Å². The van der Waals surface area contributed by atoms with Gasteiger partial charge < -0.3 is 0 Å². The molecule has 1 aromatic heterocycles. The van der Waals surface area contributed by atoms with Crippen molar-refractivity contribution in [2.24, 2.45) is 5.14 Å². The van der Waals surface area contributed by atoms with Gasteiger partial charge in [-0.2, -0.15) is 5.26 Å². The molecular formula is C19H18N4O4S2. The van der Waals surface area contributed by atoms with Crippen molar-refractivity contribution in [1.82, 2.24) is 4.98 Å². The maximum atomic E-state index is 12.9. The molecule has 1 aliphatic heterocycles. The van der Waals surface area contributed by atoms with Crippen molar-refractivity contribution in [3.8, 4) is 6.07 Å². The predicted octanol–water partition coefficient (Wildman–Crippen LogP) is 1.95. The van der Waals surface area contributed by atoms with Crippen molar-refractivity contribution in [3.05, 3.63) is 46.6 Å². The summed E-state index contributed by atoms with van der Waals surface area (Å²) in [5.74, 6) is -0.847. The van der Waals surface area contributed by atoms with Gasteiger partial charge in [-0.1, -0.05) is 11.8 Å². The van der Waals surface area contributed by atoms with E-state index in [0.717, 1.165) is 33.5 Å². The van der Waals surface area contributed by atoms with E-state index in [2.05, 4.69) is 11.1 Å². The Bertz CT molecular complexity index is 1170. The monoisotopic (exact) mass is 430 g/mol. The molecule has 10 heteroatoms. The number of rotatable bonds is 4. The van der Waals surface area contributed by atoms with Gasteiger partial charge in [0.05, 0.1) is 21.4 Å². The van der Waals surface area contributed by atoms with Gasteiger partial charge in [0.2, 0.25) is 21.8 Å². The van der Waals surface area contributed by atoms with Crippen LogP contribution in [0.25, 0.3) is 0 Å². The van der Waals surface area contributed by atoms with Crippen molar-refractivity contribution >= 4 is 39.3 Å². The van der Waals surface area contributed by atoms with Crippen LogP contribution in [0.1, 0.15) is 28.8 Å². The molecule has 1 unspecified atom stereocenters. The van der Waals surface area contributed by atoms with Crippen LogP contribution in [0.4, 0.5) is 5.69 Å². The molecule has 150 valence electrons. The second kappa shape index (κ2) is 7.59. The van der Waals surface area contributed by atoms with Crippen LogP contribution < -0.4 is 10.0 Å². The van der Waals surface area contributed by atoms with Crippen molar-refractivity contribution in [3.63, 3.8) is 0 Å². The summed E-state index contributed by atoms with van der Waals surface area (Å²) in [5, 5.41) is 14.3. The zero-order valence-corrected chi connectivity index (χ0v) is 17.6. The van der Waals surface area contributed by atoms with Crippen molar-refractivity contribution < 1.29 is 18.0 Å². The minimum atomic E-state index is -3.87. The minimum Gasteiger partial charge on any atom is -0.274 e. The van der Waals surface area contributed by atoms with E-state index in [1.165, 1.54) is 24.3 Å². The van der Waals surface area contributed by atoms with Crippen LogP contribution in [0, 0.1) is 32.1 Å². The maximum absolute atomic E-state index is 12.9. The summed E-state index contributed by atoms with van der Waals surface area (Å²) in [7, 11) is -3.87. The first-order valence-electron chi connectivity index (χ1n) is 8.58. The number of nitrogens with two attached hydrogens (primary N) is 1. The number of primary sulfonamides is 1. The molecule has 1 atom stereocenters. The molecular weight excluding hydrogens is 412 g/mol. The quantitative estimate of drug-likeness (QED) is 0.733. The summed E-state index contributed by atoms with van der Waals surface area (Å²) in [6, 6.07) is 7.35. The summed E-state index contributed by atoms with van der Waals surface area (Å²) in [6.07, 6.45) is -0.0427. The van der Waals surface area contributed by atoms with E-state index in [4.69, 9.17) is 5.14 Å². The fraction of sp³-hybridized carbons (Fsp3) is 0.263. The largest absolute Gasteiger partial charge is 0.274 e. The van der Waals surface area contributed by atoms with E-state index in [9.17, 15) is 23.3 Å². The van der Waals surface area contributed by atoms with Gasteiger partial charge >= 0.3 is 0 Å². The molecule has 2 aromatic rings. The summed E-state index contributed by atoms with van der Waals surface area (Å²) in [4.78, 5) is 30.7. The third kappa shape index (κ3) is 3.89. The highest BCUT2D eigenvalue weighted by molar-refractivity contribution is 8.00. The number of pyridine rings is 1. The Hall–Kier alpha value is -2.74. The molecule has 0 bridgehead atoms. The lowest BCUT2D eigenvalue weighted by Crippen LogP contribution is -2.31. The van der Waals surface area contributed by atoms with Crippen molar-refractivity contribution in [1.29, 1.82) is 5.26 Å². The standard InChI is InChI=1S/C19H18N4O4S2/c1-10-11(2)15(9-20)18(22-12(10)3)28-16-8-17(24)23(19(16)25)13-4-6-14(7-5-13)29(21,26)27/h4-7,16H,8H2,1-3H3,(H2,21,26,27). The Morgan fingerprint density at radius 3 is 2.34 bits per heavy atom. The minimum absolute atomic E-state index is 0.0427. The Labute approximate surface area is 172 Å². The highest BCUT2D eigenvalue weighted by atomic mass is 32.2. The number of sulfonamides is 1. The molecule has 0 aliphatic carbocycles. The molecule has 8 nitrogen and oxygen atoms in total. The summed E-state index contributed by atoms with van der Waals surface area (Å²) in [6.45, 7) is 5.53. The predicted molar refractivity (Wildman–Crippen MR) is 108 cm³/mol. The molecule has 1 fully saturated rings. The smallest absolute Gasteiger partial charge is 0.247 e. The van der Waals surface area contributed by atoms with Crippen LogP contribution in [0.3, 0.4) is 0 Å². The second-order valence-electron chi connectivity index (χ2n) is 6.66. The number of aromatic nitrogens is 1. The average Bonchev–Trinajstić information content (AvgIpc) is 2.93. The fourth-order valence-electron chi connectivity index (χ4n) is 3.02. The molecule has 2 heterocycles. The lowest BCUT2D eigenvalue weighted by Gasteiger charge is -2.16. The van der Waals surface area contributed by atoms with Crippen molar-refractivity contribution in [2.75, 3.05) is 4.90 Å². The number of anilines is 1. The Kier molecular flexibility index (Phi) is 5.49. The van der Waals surface area contributed by atoms with Crippen LogP contribution in [0.5, 0.6) is 0 Å². The number of nitrogens with zero attached hydrogens (tertiary/aromatic N) is 3. The van der Waals surface area contributed by atoms with Gasteiger partial charge in [0.25, 0.3) is 0 Å². The molecule has 0 radical (unpaired) electrons. The third-order valence-electron chi connectivity index (χ3n) is 4.86. The number of benzene rings is 1. The van der Waals surface area contributed by atoms with E-state index in [-0.39, 0.29) is 17.0 Å². The molecule has 0 spiro atoms. The number of hydrogen-bond donors (Lipinski definition) is 1. The maximum Gasteiger partial charge on any atom is 0.247 e. The first-order chi connectivity index (χ1) is 13.5. The molecule has 2 N–H and O–H groups in total. The number of amides is 2. The number of aryl methyl sites for hydroxylation is 1. The number of nitriles is 1. The number of carbonyl (C=O) groups excluding carboxylic acids is 2. The number of thioether (sulfide) groups is 1. The zero-order chi connectivity index (χ0) is 21.5. The highest BCUT2D eigenvalue weighted by Gasteiger charge is 2.41. The number of imide groups is 1. The van der Waals surface area contributed by atoms with Crippen LogP contribution >= 0.6 is 11.8 Å². The summed E-state index contributed by atoms with van der Waals surface area (Å²) < 4.78 is 22.8. The number of hydrogen-bond acceptors (Lipinski definition) is 7. The normalized spacial score (nSPS) is 16.9. The van der Waals surface area contributed by atoms with E-state index < -0.39 is 27.1 Å². The molecule has 2 amide bonds. The Morgan fingerprint density at radius 2 is 1.79 bits per heavy atom. The molecule has 1 saturated heterocycles. The Morgan fingerprint density at radius 1 is 1.17 bits per heavy atom. The first kappa shape index (κ1) is 21.0. The average molecular weight is 431 g/mol. The lowest BCUT2D eigenvalue weighted by atomic mass is 10.1. The summed E-state index contributed by atoms with van der Waals surface area (Å²) >= 11 is 1.10. The van der Waals surface area contributed by atoms with Gasteiger partial charge in [-0.15, -0.1) is 0 Å². The molecule has 3 rings (SSSR count). The number of carbonyl (C=O) groups is 2. The molecule has 1 aromatic carbocycles.